The van der Waals surface area contributed by atoms with Crippen molar-refractivity contribution < 1.29 is 0 Å². The molecule has 0 radical (unpaired) electrons. The molecule has 0 bridgehead atoms. The quantitative estimate of drug-likeness (QED) is 0.780. The van der Waals surface area contributed by atoms with Gasteiger partial charge in [-0.1, -0.05) is 0 Å². The molecule has 1 heterocycles. The Morgan fingerprint density at radius 2 is 2.36 bits per heavy atom. The maximum atomic E-state index is 8.76. The second-order valence-electron chi connectivity index (χ2n) is 2.95. The van der Waals surface area contributed by atoms with Gasteiger partial charge in [0.25, 0.3) is 0 Å². The molecular formula is C10H8BrN3. The Hall–Kier alpha value is -1.34. The van der Waals surface area contributed by atoms with Gasteiger partial charge in [0, 0.05) is 11.9 Å². The fourth-order valence-corrected chi connectivity index (χ4v) is 1.96. The van der Waals surface area contributed by atoms with Crippen molar-refractivity contribution in [2.75, 3.05) is 0 Å². The average Bonchev–Trinajstić information content (AvgIpc) is 2.55. The number of rotatable bonds is 1. The Morgan fingerprint density at radius 1 is 1.57 bits per heavy atom. The van der Waals surface area contributed by atoms with Crippen LogP contribution in [0.15, 0.2) is 22.8 Å². The van der Waals surface area contributed by atoms with Gasteiger partial charge >= 0.3 is 0 Å². The van der Waals surface area contributed by atoms with E-state index in [9.17, 15) is 0 Å². The third-order valence-electron chi connectivity index (χ3n) is 2.13. The van der Waals surface area contributed by atoms with Gasteiger partial charge in [-0.2, -0.15) is 10.4 Å². The summed E-state index contributed by atoms with van der Waals surface area (Å²) >= 11 is 3.38. The first-order valence-corrected chi connectivity index (χ1v) is 5.11. The fraction of sp³-hybridized carbons (Fsp3) is 0.200. The number of halogens is 1. The summed E-state index contributed by atoms with van der Waals surface area (Å²) in [7, 11) is 0. The van der Waals surface area contributed by atoms with E-state index in [4.69, 9.17) is 5.26 Å². The van der Waals surface area contributed by atoms with Gasteiger partial charge in [0.05, 0.1) is 17.1 Å². The lowest BCUT2D eigenvalue weighted by atomic mass is 10.2. The van der Waals surface area contributed by atoms with E-state index >= 15 is 0 Å². The number of hydrogen-bond acceptors (Lipinski definition) is 2. The Kier molecular flexibility index (Phi) is 2.26. The molecule has 70 valence electrons. The van der Waals surface area contributed by atoms with E-state index in [0.717, 1.165) is 22.1 Å². The molecule has 0 N–H and O–H groups in total. The summed E-state index contributed by atoms with van der Waals surface area (Å²) in [4.78, 5) is 0. The Labute approximate surface area is 90.1 Å². The minimum absolute atomic E-state index is 0.661. The molecule has 0 amide bonds. The minimum Gasteiger partial charge on any atom is -0.264 e. The summed E-state index contributed by atoms with van der Waals surface area (Å²) in [5, 5.41) is 14.1. The van der Waals surface area contributed by atoms with E-state index in [1.165, 1.54) is 0 Å². The summed E-state index contributed by atoms with van der Waals surface area (Å²) < 4.78 is 2.70. The monoisotopic (exact) mass is 249 g/mol. The highest BCUT2D eigenvalue weighted by molar-refractivity contribution is 9.10. The lowest BCUT2D eigenvalue weighted by Crippen LogP contribution is -1.95. The zero-order chi connectivity index (χ0) is 10.1. The molecule has 2 aromatic rings. The lowest BCUT2D eigenvalue weighted by molar-refractivity contribution is 0.678. The number of nitrogens with zero attached hydrogens (tertiary/aromatic N) is 3. The predicted octanol–water partition coefficient (Wildman–Crippen LogP) is 2.69. The molecule has 4 heteroatoms. The first kappa shape index (κ1) is 9.22. The molecule has 0 saturated carbocycles. The molecule has 0 aliphatic carbocycles. The van der Waals surface area contributed by atoms with E-state index in [0.29, 0.717) is 5.56 Å². The van der Waals surface area contributed by atoms with Crippen molar-refractivity contribution in [3.63, 3.8) is 0 Å². The Balaban J connectivity index is 2.78. The zero-order valence-electron chi connectivity index (χ0n) is 7.66. The van der Waals surface area contributed by atoms with Gasteiger partial charge in [-0.25, -0.2) is 0 Å². The number of nitriles is 1. The highest BCUT2D eigenvalue weighted by Crippen LogP contribution is 2.24. The van der Waals surface area contributed by atoms with Crippen LogP contribution < -0.4 is 0 Å². The molecule has 0 aliphatic rings. The number of aryl methyl sites for hydroxylation is 1. The largest absolute Gasteiger partial charge is 0.264 e. The van der Waals surface area contributed by atoms with Gasteiger partial charge < -0.3 is 0 Å². The van der Waals surface area contributed by atoms with Crippen LogP contribution in [0.4, 0.5) is 0 Å². The molecule has 0 aliphatic heterocycles. The minimum atomic E-state index is 0.661. The van der Waals surface area contributed by atoms with E-state index in [2.05, 4.69) is 27.1 Å². The highest BCUT2D eigenvalue weighted by Gasteiger charge is 2.07. The fourth-order valence-electron chi connectivity index (χ4n) is 1.45. The summed E-state index contributed by atoms with van der Waals surface area (Å²) in [5.74, 6) is 0. The molecular weight excluding hydrogens is 242 g/mol. The zero-order valence-corrected chi connectivity index (χ0v) is 9.24. The van der Waals surface area contributed by atoms with Crippen LogP contribution in [0.25, 0.3) is 10.9 Å². The standard InChI is InChI=1S/C10H8BrN3/c1-2-14-9-4-3-7(6-12)5-8(9)10(11)13-14/h3-5H,2H2,1H3. The van der Waals surface area contributed by atoms with Gasteiger partial charge in [0.1, 0.15) is 4.60 Å². The molecule has 2 rings (SSSR count). The van der Waals surface area contributed by atoms with Crippen molar-refractivity contribution in [3.8, 4) is 6.07 Å². The third kappa shape index (κ3) is 1.30. The summed E-state index contributed by atoms with van der Waals surface area (Å²) in [6.45, 7) is 2.87. The first-order chi connectivity index (χ1) is 6.76. The van der Waals surface area contributed by atoms with Crippen molar-refractivity contribution >= 4 is 26.8 Å². The second kappa shape index (κ2) is 3.43. The summed E-state index contributed by atoms with van der Waals surface area (Å²) in [6.07, 6.45) is 0. The van der Waals surface area contributed by atoms with Crippen LogP contribution in [0.2, 0.25) is 0 Å². The van der Waals surface area contributed by atoms with Gasteiger partial charge in [-0.05, 0) is 41.1 Å². The maximum absolute atomic E-state index is 8.76. The number of benzene rings is 1. The van der Waals surface area contributed by atoms with Crippen LogP contribution in [-0.4, -0.2) is 9.78 Å². The van der Waals surface area contributed by atoms with E-state index in [1.807, 2.05) is 29.8 Å². The van der Waals surface area contributed by atoms with Crippen molar-refractivity contribution in [1.82, 2.24) is 9.78 Å². The molecule has 0 fully saturated rings. The van der Waals surface area contributed by atoms with Crippen LogP contribution in [0.1, 0.15) is 12.5 Å². The van der Waals surface area contributed by atoms with Gasteiger partial charge in [-0.15, -0.1) is 0 Å². The highest BCUT2D eigenvalue weighted by atomic mass is 79.9. The number of aromatic nitrogens is 2. The summed E-state index contributed by atoms with van der Waals surface area (Å²) in [5.41, 5.74) is 1.72. The first-order valence-electron chi connectivity index (χ1n) is 4.32. The molecule has 0 saturated heterocycles. The van der Waals surface area contributed by atoms with E-state index in [-0.39, 0.29) is 0 Å². The van der Waals surface area contributed by atoms with Crippen LogP contribution in [0, 0.1) is 11.3 Å². The molecule has 1 aromatic heterocycles. The molecule has 0 unspecified atom stereocenters. The van der Waals surface area contributed by atoms with Crippen molar-refractivity contribution in [2.45, 2.75) is 13.5 Å². The molecule has 0 spiro atoms. The molecule has 3 nitrogen and oxygen atoms in total. The normalized spacial score (nSPS) is 10.4. The smallest absolute Gasteiger partial charge is 0.136 e. The van der Waals surface area contributed by atoms with Crippen LogP contribution >= 0.6 is 15.9 Å². The Morgan fingerprint density at radius 3 is 3.00 bits per heavy atom. The number of hydrogen-bond donors (Lipinski definition) is 0. The van der Waals surface area contributed by atoms with E-state index in [1.54, 1.807) is 0 Å². The van der Waals surface area contributed by atoms with Gasteiger partial charge in [0.2, 0.25) is 0 Å². The molecule has 1 aromatic carbocycles. The second-order valence-corrected chi connectivity index (χ2v) is 3.70. The van der Waals surface area contributed by atoms with Gasteiger partial charge in [0.15, 0.2) is 0 Å². The third-order valence-corrected chi connectivity index (χ3v) is 2.72. The van der Waals surface area contributed by atoms with Crippen molar-refractivity contribution in [1.29, 1.82) is 5.26 Å². The van der Waals surface area contributed by atoms with Crippen LogP contribution in [-0.2, 0) is 6.54 Å². The van der Waals surface area contributed by atoms with Gasteiger partial charge in [-0.3, -0.25) is 4.68 Å². The van der Waals surface area contributed by atoms with E-state index < -0.39 is 0 Å². The Bertz CT molecular complexity index is 522. The van der Waals surface area contributed by atoms with Crippen LogP contribution in [0.5, 0.6) is 0 Å². The van der Waals surface area contributed by atoms with Crippen molar-refractivity contribution in [2.24, 2.45) is 0 Å². The van der Waals surface area contributed by atoms with Crippen LogP contribution in [0.3, 0.4) is 0 Å². The average molecular weight is 250 g/mol. The predicted molar refractivity (Wildman–Crippen MR) is 57.8 cm³/mol. The topological polar surface area (TPSA) is 41.6 Å². The molecule has 14 heavy (non-hydrogen) atoms. The number of fused-ring (bicyclic) bond motifs is 1. The SMILES string of the molecule is CCn1nc(Br)c2cc(C#N)ccc21. The lowest BCUT2D eigenvalue weighted by Gasteiger charge is -1.96. The maximum Gasteiger partial charge on any atom is 0.136 e. The molecule has 0 atom stereocenters. The van der Waals surface area contributed by atoms with Crippen molar-refractivity contribution in [3.05, 3.63) is 28.4 Å². The summed E-state index contributed by atoms with van der Waals surface area (Å²) in [6, 6.07) is 7.70.